The molecule has 0 radical (unpaired) electrons. The summed E-state index contributed by atoms with van der Waals surface area (Å²) in [4.78, 5) is 10.4. The number of carboxylic acid groups (broad SMARTS) is 1. The van der Waals surface area contributed by atoms with Crippen LogP contribution < -0.4 is 0 Å². The molecule has 0 aliphatic rings. The Labute approximate surface area is 93.5 Å². The molecule has 0 amide bonds. The number of aliphatic carboxylic acids is 1. The second-order valence-electron chi connectivity index (χ2n) is 3.53. The average Bonchev–Trinajstić information content (AvgIpc) is 2.55. The summed E-state index contributed by atoms with van der Waals surface area (Å²) in [7, 11) is 0. The van der Waals surface area contributed by atoms with Gasteiger partial charge in [-0.15, -0.1) is 0 Å². The molecule has 0 aliphatic carbocycles. The first-order chi connectivity index (χ1) is 7.86. The number of benzene rings is 1. The summed E-state index contributed by atoms with van der Waals surface area (Å²) in [5.74, 6) is -0.966. The Morgan fingerprint density at radius 3 is 2.59 bits per heavy atom. The number of halogens is 3. The van der Waals surface area contributed by atoms with Gasteiger partial charge < -0.3 is 9.52 Å². The number of alkyl halides is 3. The van der Waals surface area contributed by atoms with Crippen LogP contribution in [-0.2, 0) is 17.4 Å². The fourth-order valence-electron chi connectivity index (χ4n) is 1.50. The predicted octanol–water partition coefficient (Wildman–Crippen LogP) is 3.08. The molecule has 0 saturated heterocycles. The minimum absolute atomic E-state index is 0.0380. The molecular weight excluding hydrogens is 237 g/mol. The van der Waals surface area contributed by atoms with E-state index in [1.54, 1.807) is 0 Å². The van der Waals surface area contributed by atoms with Crippen molar-refractivity contribution in [2.45, 2.75) is 12.6 Å². The first kappa shape index (κ1) is 11.5. The van der Waals surface area contributed by atoms with Crippen LogP contribution >= 0.6 is 0 Å². The van der Waals surface area contributed by atoms with Gasteiger partial charge in [-0.3, -0.25) is 4.79 Å². The molecule has 3 nitrogen and oxygen atoms in total. The zero-order chi connectivity index (χ0) is 12.6. The highest BCUT2D eigenvalue weighted by Crippen LogP contribution is 2.32. The normalized spacial score (nSPS) is 11.9. The summed E-state index contributed by atoms with van der Waals surface area (Å²) >= 11 is 0. The van der Waals surface area contributed by atoms with Gasteiger partial charge in [0.15, 0.2) is 0 Å². The SMILES string of the molecule is O=C(O)Cc1cc2ccc(C(F)(F)F)cc2o1. The molecule has 0 bridgehead atoms. The topological polar surface area (TPSA) is 50.4 Å². The third-order valence-corrected chi connectivity index (χ3v) is 2.22. The summed E-state index contributed by atoms with van der Waals surface area (Å²) in [5.41, 5.74) is -0.780. The van der Waals surface area contributed by atoms with Gasteiger partial charge in [-0.1, -0.05) is 6.07 Å². The Morgan fingerprint density at radius 1 is 1.29 bits per heavy atom. The monoisotopic (exact) mass is 244 g/mol. The minimum atomic E-state index is -4.44. The van der Waals surface area contributed by atoms with Crippen molar-refractivity contribution >= 4 is 16.9 Å². The predicted molar refractivity (Wildman–Crippen MR) is 52.6 cm³/mol. The molecule has 17 heavy (non-hydrogen) atoms. The number of carboxylic acids is 1. The molecule has 0 aliphatic heterocycles. The highest BCUT2D eigenvalue weighted by atomic mass is 19.4. The Kier molecular flexibility index (Phi) is 2.57. The fourth-order valence-corrected chi connectivity index (χ4v) is 1.50. The maximum Gasteiger partial charge on any atom is 0.416 e. The fraction of sp³-hybridized carbons (Fsp3) is 0.182. The molecule has 1 heterocycles. The molecule has 1 aromatic heterocycles. The largest absolute Gasteiger partial charge is 0.481 e. The van der Waals surface area contributed by atoms with Gasteiger partial charge in [-0.05, 0) is 18.2 Å². The molecule has 90 valence electrons. The van der Waals surface area contributed by atoms with Gasteiger partial charge in [0.25, 0.3) is 0 Å². The van der Waals surface area contributed by atoms with E-state index in [0.717, 1.165) is 12.1 Å². The summed E-state index contributed by atoms with van der Waals surface area (Å²) in [6.07, 6.45) is -4.79. The Balaban J connectivity index is 2.44. The van der Waals surface area contributed by atoms with Gasteiger partial charge in [0.05, 0.1) is 5.56 Å². The van der Waals surface area contributed by atoms with E-state index in [4.69, 9.17) is 9.52 Å². The molecule has 2 rings (SSSR count). The first-order valence-electron chi connectivity index (χ1n) is 4.68. The lowest BCUT2D eigenvalue weighted by Crippen LogP contribution is -2.03. The van der Waals surface area contributed by atoms with Crippen LogP contribution in [0.3, 0.4) is 0 Å². The molecule has 6 heteroatoms. The summed E-state index contributed by atoms with van der Waals surface area (Å²) in [6, 6.07) is 4.47. The lowest BCUT2D eigenvalue weighted by Gasteiger charge is -2.04. The number of hydrogen-bond acceptors (Lipinski definition) is 2. The summed E-state index contributed by atoms with van der Waals surface area (Å²) < 4.78 is 42.2. The van der Waals surface area contributed by atoms with Gasteiger partial charge in [0.1, 0.15) is 17.8 Å². The van der Waals surface area contributed by atoms with Crippen molar-refractivity contribution in [1.29, 1.82) is 0 Å². The van der Waals surface area contributed by atoms with Gasteiger partial charge in [0, 0.05) is 5.39 Å². The van der Waals surface area contributed by atoms with Gasteiger partial charge >= 0.3 is 12.1 Å². The third-order valence-electron chi connectivity index (χ3n) is 2.22. The standard InChI is InChI=1S/C11H7F3O3/c12-11(13,14)7-2-1-6-3-8(5-10(15)16)17-9(6)4-7/h1-4H,5H2,(H,15,16). The van der Waals surface area contributed by atoms with E-state index in [0.29, 0.717) is 5.39 Å². The molecule has 0 unspecified atom stereocenters. The van der Waals surface area contributed by atoms with E-state index >= 15 is 0 Å². The molecule has 1 aromatic carbocycles. The van der Waals surface area contributed by atoms with E-state index in [9.17, 15) is 18.0 Å². The van der Waals surface area contributed by atoms with Crippen LogP contribution in [0, 0.1) is 0 Å². The second-order valence-corrected chi connectivity index (χ2v) is 3.53. The van der Waals surface area contributed by atoms with Crippen molar-refractivity contribution in [1.82, 2.24) is 0 Å². The molecule has 0 fully saturated rings. The van der Waals surface area contributed by atoms with Crippen molar-refractivity contribution in [3.8, 4) is 0 Å². The van der Waals surface area contributed by atoms with Crippen LogP contribution in [0.25, 0.3) is 11.0 Å². The van der Waals surface area contributed by atoms with Crippen molar-refractivity contribution in [2.75, 3.05) is 0 Å². The molecule has 0 spiro atoms. The van der Waals surface area contributed by atoms with E-state index in [-0.39, 0.29) is 17.8 Å². The highest BCUT2D eigenvalue weighted by Gasteiger charge is 2.30. The Bertz CT molecular complexity index is 569. The zero-order valence-corrected chi connectivity index (χ0v) is 8.41. The van der Waals surface area contributed by atoms with Gasteiger partial charge in [0.2, 0.25) is 0 Å². The molecule has 2 aromatic rings. The van der Waals surface area contributed by atoms with Crippen LogP contribution in [0.1, 0.15) is 11.3 Å². The van der Waals surface area contributed by atoms with Crippen LogP contribution in [0.2, 0.25) is 0 Å². The smallest absolute Gasteiger partial charge is 0.416 e. The average molecular weight is 244 g/mol. The minimum Gasteiger partial charge on any atom is -0.481 e. The van der Waals surface area contributed by atoms with Crippen LogP contribution in [0.5, 0.6) is 0 Å². The van der Waals surface area contributed by atoms with Crippen LogP contribution in [0.4, 0.5) is 13.2 Å². The molecular formula is C11H7F3O3. The third kappa shape index (κ3) is 2.41. The number of rotatable bonds is 2. The van der Waals surface area contributed by atoms with Crippen LogP contribution in [-0.4, -0.2) is 11.1 Å². The maximum absolute atomic E-state index is 12.4. The van der Waals surface area contributed by atoms with E-state index in [1.807, 2.05) is 0 Å². The molecule has 0 saturated carbocycles. The van der Waals surface area contributed by atoms with E-state index in [1.165, 1.54) is 12.1 Å². The Hall–Kier alpha value is -1.98. The van der Waals surface area contributed by atoms with Crippen molar-refractivity contribution in [2.24, 2.45) is 0 Å². The lowest BCUT2D eigenvalue weighted by molar-refractivity contribution is -0.138. The number of carbonyl (C=O) groups is 1. The van der Waals surface area contributed by atoms with E-state index < -0.39 is 17.7 Å². The second kappa shape index (κ2) is 3.80. The molecule has 0 atom stereocenters. The van der Waals surface area contributed by atoms with Crippen molar-refractivity contribution in [3.05, 3.63) is 35.6 Å². The quantitative estimate of drug-likeness (QED) is 0.883. The number of hydrogen-bond donors (Lipinski definition) is 1. The summed E-state index contributed by atoms with van der Waals surface area (Å²) in [6.45, 7) is 0. The van der Waals surface area contributed by atoms with Crippen molar-refractivity contribution < 1.29 is 27.5 Å². The van der Waals surface area contributed by atoms with Gasteiger partial charge in [-0.25, -0.2) is 0 Å². The van der Waals surface area contributed by atoms with Gasteiger partial charge in [-0.2, -0.15) is 13.2 Å². The first-order valence-corrected chi connectivity index (χ1v) is 4.68. The summed E-state index contributed by atoms with van der Waals surface area (Å²) in [5, 5.41) is 8.99. The Morgan fingerprint density at radius 2 is 2.00 bits per heavy atom. The van der Waals surface area contributed by atoms with Crippen LogP contribution in [0.15, 0.2) is 28.7 Å². The van der Waals surface area contributed by atoms with Crippen molar-refractivity contribution in [3.63, 3.8) is 0 Å². The maximum atomic E-state index is 12.4. The zero-order valence-electron chi connectivity index (χ0n) is 8.41. The molecule has 1 N–H and O–H groups in total. The highest BCUT2D eigenvalue weighted by molar-refractivity contribution is 5.80. The lowest BCUT2D eigenvalue weighted by atomic mass is 10.1. The number of fused-ring (bicyclic) bond motifs is 1. The number of furan rings is 1. The van der Waals surface area contributed by atoms with E-state index in [2.05, 4.69) is 0 Å².